The fraction of sp³-hybridized carbons (Fsp3) is 0.436. The van der Waals surface area contributed by atoms with Gasteiger partial charge in [0.25, 0.3) is 0 Å². The van der Waals surface area contributed by atoms with Gasteiger partial charge in [-0.15, -0.1) is 0 Å². The Bertz CT molecular complexity index is 1870. The number of hydrogen-bond acceptors (Lipinski definition) is 9. The number of H-pyrrole nitrogens is 2. The lowest BCUT2D eigenvalue weighted by molar-refractivity contribution is -0.126. The van der Waals surface area contributed by atoms with Crippen LogP contribution in [0.5, 0.6) is 0 Å². The number of rotatable bonds is 14. The van der Waals surface area contributed by atoms with Crippen molar-refractivity contribution in [1.29, 1.82) is 0 Å². The van der Waals surface area contributed by atoms with Crippen molar-refractivity contribution < 1.29 is 33.8 Å². The number of methoxy groups -OCH3 is 2. The quantitative estimate of drug-likeness (QED) is 0.0971. The van der Waals surface area contributed by atoms with Crippen molar-refractivity contribution in [2.75, 3.05) is 20.8 Å². The molecule has 2 aromatic heterocycles. The van der Waals surface area contributed by atoms with Gasteiger partial charge >= 0.3 is 12.2 Å². The molecule has 0 bridgehead atoms. The molecule has 0 aliphatic heterocycles. The number of nitrogens with zero attached hydrogens (tertiary/aromatic N) is 2. The molecular formula is C39H49N7O7. The highest BCUT2D eigenvalue weighted by Crippen LogP contribution is 2.40. The van der Waals surface area contributed by atoms with E-state index in [-0.39, 0.29) is 29.5 Å². The lowest BCUT2D eigenvalue weighted by atomic mass is 9.84. The highest BCUT2D eigenvalue weighted by atomic mass is 16.5. The fourth-order valence-corrected chi connectivity index (χ4v) is 6.81. The molecule has 14 heteroatoms. The van der Waals surface area contributed by atoms with Gasteiger partial charge in [0.1, 0.15) is 23.7 Å². The molecule has 1 aliphatic rings. The van der Waals surface area contributed by atoms with Crippen LogP contribution in [0.4, 0.5) is 9.59 Å². The van der Waals surface area contributed by atoms with Gasteiger partial charge in [0.05, 0.1) is 50.6 Å². The van der Waals surface area contributed by atoms with Gasteiger partial charge < -0.3 is 40.5 Å². The minimum absolute atomic E-state index is 0.0127. The van der Waals surface area contributed by atoms with Crippen LogP contribution < -0.4 is 16.0 Å². The van der Waals surface area contributed by atoms with Crippen molar-refractivity contribution in [3.63, 3.8) is 0 Å². The highest BCUT2D eigenvalue weighted by Gasteiger charge is 2.40. The van der Waals surface area contributed by atoms with E-state index in [4.69, 9.17) is 4.74 Å². The second kappa shape index (κ2) is 17.3. The minimum Gasteiger partial charge on any atom is -0.453 e. The summed E-state index contributed by atoms with van der Waals surface area (Å²) in [5.74, 6) is 0.117. The third-order valence-electron chi connectivity index (χ3n) is 9.82. The molecule has 5 atom stereocenters. The Morgan fingerprint density at radius 2 is 1.25 bits per heavy atom. The van der Waals surface area contributed by atoms with E-state index >= 15 is 0 Å². The van der Waals surface area contributed by atoms with E-state index in [1.54, 1.807) is 26.2 Å². The predicted octanol–water partition coefficient (Wildman–Crippen LogP) is 5.50. The first-order valence-electron chi connectivity index (χ1n) is 17.9. The number of carbonyl (C=O) groups excluding carboxylic acids is 4. The molecule has 5 rings (SSSR count). The number of carbonyl (C=O) groups is 4. The molecule has 53 heavy (non-hydrogen) atoms. The number of alkyl carbamates (subject to hydrolysis) is 2. The number of aromatic amines is 2. The van der Waals surface area contributed by atoms with Crippen LogP contribution in [0.15, 0.2) is 60.9 Å². The summed E-state index contributed by atoms with van der Waals surface area (Å²) in [6, 6.07) is 13.8. The molecule has 282 valence electrons. The van der Waals surface area contributed by atoms with Crippen LogP contribution >= 0.6 is 0 Å². The maximum absolute atomic E-state index is 13.6. The fourth-order valence-electron chi connectivity index (χ4n) is 6.81. The second-order valence-corrected chi connectivity index (χ2v) is 14.0. The van der Waals surface area contributed by atoms with Crippen molar-refractivity contribution in [3.05, 3.63) is 72.6 Å². The van der Waals surface area contributed by atoms with Gasteiger partial charge in [-0.3, -0.25) is 9.59 Å². The molecular weight excluding hydrogens is 678 g/mol. The minimum atomic E-state index is -0.853. The number of nitrogens with one attached hydrogen (secondary N) is 5. The zero-order valence-electron chi connectivity index (χ0n) is 30.9. The Hall–Kier alpha value is -5.50. The first kappa shape index (κ1) is 38.7. The van der Waals surface area contributed by atoms with Crippen molar-refractivity contribution in [2.45, 2.75) is 71.0 Å². The SMILES string of the molecule is COC(=O)N[C@H](C(=O)N[C@@H](CO)c1ncc(-c2ccc(-c3ccc(-c4cnc([C@@H]5CCCC5C(=O)[C@@H](NC(=O)OC)C(C)C)[nH]4)cc3)cc2)[nH]1)C(C)C. The van der Waals surface area contributed by atoms with Crippen LogP contribution in [0.3, 0.4) is 0 Å². The molecule has 1 fully saturated rings. The summed E-state index contributed by atoms with van der Waals surface area (Å²) in [6.45, 7) is 7.02. The zero-order chi connectivity index (χ0) is 38.2. The topological polar surface area (TPSA) is 200 Å². The van der Waals surface area contributed by atoms with E-state index in [9.17, 15) is 24.3 Å². The van der Waals surface area contributed by atoms with Crippen molar-refractivity contribution in [3.8, 4) is 33.6 Å². The van der Waals surface area contributed by atoms with Gasteiger partial charge in [-0.2, -0.15) is 0 Å². The number of benzene rings is 2. The van der Waals surface area contributed by atoms with Gasteiger partial charge in [0, 0.05) is 11.8 Å². The molecule has 1 unspecified atom stereocenters. The number of imidazole rings is 2. The normalized spacial score (nSPS) is 17.2. The smallest absolute Gasteiger partial charge is 0.407 e. The number of hydrogen-bond donors (Lipinski definition) is 6. The van der Waals surface area contributed by atoms with Crippen molar-refractivity contribution in [2.24, 2.45) is 17.8 Å². The lowest BCUT2D eigenvalue weighted by Crippen LogP contribution is -2.51. The predicted molar refractivity (Wildman–Crippen MR) is 198 cm³/mol. The molecule has 14 nitrogen and oxygen atoms in total. The molecule has 1 aliphatic carbocycles. The maximum atomic E-state index is 13.6. The maximum Gasteiger partial charge on any atom is 0.407 e. The number of aromatic nitrogens is 4. The molecule has 0 spiro atoms. The van der Waals surface area contributed by atoms with Crippen LogP contribution in [0.25, 0.3) is 33.6 Å². The Balaban J connectivity index is 1.23. The van der Waals surface area contributed by atoms with Crippen LogP contribution in [0.1, 0.15) is 70.6 Å². The van der Waals surface area contributed by atoms with Gasteiger partial charge in [0.15, 0.2) is 5.78 Å². The van der Waals surface area contributed by atoms with Crippen LogP contribution in [-0.4, -0.2) is 81.8 Å². The molecule has 6 N–H and O–H groups in total. The molecule has 1 saturated carbocycles. The summed E-state index contributed by atoms with van der Waals surface area (Å²) < 4.78 is 9.39. The standard InChI is InChI=1S/C39H49N7O7/c1-21(2)32(45-38(50)52-5)34(48)27-8-7-9-28(27)35-40-18-29(42-35)25-14-10-23(11-15-25)24-12-16-26(17-13-24)30-19-41-36(43-30)31(20-47)44-37(49)33(22(3)4)46-39(51)53-6/h10-19,21-22,27-28,31-33,47H,7-9,20H2,1-6H3,(H,40,42)(H,41,43)(H,44,49)(H,45,50)(H,46,51)/t27?,28-,31+,32+,33+/m1/s1. The van der Waals surface area contributed by atoms with Gasteiger partial charge in [-0.25, -0.2) is 19.6 Å². The first-order valence-corrected chi connectivity index (χ1v) is 17.9. The number of ketones is 1. The number of amides is 3. The van der Waals surface area contributed by atoms with Crippen molar-refractivity contribution in [1.82, 2.24) is 35.9 Å². The third-order valence-corrected chi connectivity index (χ3v) is 9.82. The Morgan fingerprint density at radius 1 is 0.736 bits per heavy atom. The second-order valence-electron chi connectivity index (χ2n) is 14.0. The summed E-state index contributed by atoms with van der Waals surface area (Å²) in [4.78, 5) is 65.9. The average molecular weight is 728 g/mol. The molecule has 4 aromatic rings. The molecule has 0 radical (unpaired) electrons. The van der Waals surface area contributed by atoms with Gasteiger partial charge in [-0.1, -0.05) is 82.6 Å². The number of Topliss-reactive ketones (excluding diaryl/α,β-unsaturated/α-hetero) is 1. The largest absolute Gasteiger partial charge is 0.453 e. The van der Waals surface area contributed by atoms with Crippen molar-refractivity contribution >= 4 is 23.9 Å². The summed E-state index contributed by atoms with van der Waals surface area (Å²) in [5, 5.41) is 18.0. The first-order chi connectivity index (χ1) is 25.4. The van der Waals surface area contributed by atoms with Gasteiger partial charge in [-0.05, 0) is 46.9 Å². The summed E-state index contributed by atoms with van der Waals surface area (Å²) in [7, 11) is 2.52. The molecule has 2 aromatic carbocycles. The zero-order valence-corrected chi connectivity index (χ0v) is 30.9. The van der Waals surface area contributed by atoms with E-state index in [1.165, 1.54) is 14.2 Å². The Kier molecular flexibility index (Phi) is 12.7. The summed E-state index contributed by atoms with van der Waals surface area (Å²) in [6.07, 6.45) is 4.62. The monoisotopic (exact) mass is 727 g/mol. The Morgan fingerprint density at radius 3 is 1.77 bits per heavy atom. The van der Waals surface area contributed by atoms with E-state index in [2.05, 4.69) is 40.6 Å². The van der Waals surface area contributed by atoms with E-state index in [0.717, 1.165) is 53.0 Å². The number of aliphatic hydroxyl groups is 1. The van der Waals surface area contributed by atoms with Crippen LogP contribution in [0, 0.1) is 17.8 Å². The molecule has 2 heterocycles. The molecule has 3 amide bonds. The summed E-state index contributed by atoms with van der Waals surface area (Å²) >= 11 is 0. The molecule has 0 saturated heterocycles. The third kappa shape index (κ3) is 9.12. The van der Waals surface area contributed by atoms with E-state index < -0.39 is 42.8 Å². The Labute approximate surface area is 308 Å². The number of ether oxygens (including phenoxy) is 2. The van der Waals surface area contributed by atoms with Gasteiger partial charge in [0.2, 0.25) is 5.91 Å². The van der Waals surface area contributed by atoms with E-state index in [1.807, 2.05) is 62.4 Å². The van der Waals surface area contributed by atoms with E-state index in [0.29, 0.717) is 11.5 Å². The van der Waals surface area contributed by atoms with Crippen LogP contribution in [-0.2, 0) is 19.1 Å². The number of aliphatic hydroxyl groups excluding tert-OH is 1. The van der Waals surface area contributed by atoms with Crippen LogP contribution in [0.2, 0.25) is 0 Å². The lowest BCUT2D eigenvalue weighted by Gasteiger charge is -2.26. The highest BCUT2D eigenvalue weighted by molar-refractivity contribution is 5.90. The average Bonchev–Trinajstić information content (AvgIpc) is 3.96. The summed E-state index contributed by atoms with van der Waals surface area (Å²) in [5.41, 5.74) is 5.44.